The van der Waals surface area contributed by atoms with E-state index in [0.717, 1.165) is 0 Å². The van der Waals surface area contributed by atoms with Gasteiger partial charge in [-0.05, 0) is 36.4 Å². The molecule has 0 fully saturated rings. The van der Waals surface area contributed by atoms with Crippen molar-refractivity contribution in [2.75, 3.05) is 23.5 Å². The van der Waals surface area contributed by atoms with Gasteiger partial charge in [0.1, 0.15) is 0 Å². The second kappa shape index (κ2) is 6.25. The lowest BCUT2D eigenvalue weighted by molar-refractivity contribution is 0.102. The SMILES string of the molecule is CN1c2ccc(C(=O)Nc3ccc4c(c3)OCO4)cc2-c2ccccc2S1(=O)=O. The lowest BCUT2D eigenvalue weighted by Crippen LogP contribution is -2.30. The predicted molar refractivity (Wildman–Crippen MR) is 108 cm³/mol. The number of hydrogen-bond acceptors (Lipinski definition) is 5. The van der Waals surface area contributed by atoms with Gasteiger partial charge in [-0.2, -0.15) is 0 Å². The molecule has 1 amide bonds. The number of nitrogens with zero attached hydrogens (tertiary/aromatic N) is 1. The van der Waals surface area contributed by atoms with E-state index in [1.165, 1.54) is 11.4 Å². The number of hydrogen-bond donors (Lipinski definition) is 1. The number of nitrogens with one attached hydrogen (secondary N) is 1. The van der Waals surface area contributed by atoms with E-state index in [4.69, 9.17) is 9.47 Å². The molecule has 7 nitrogen and oxygen atoms in total. The Morgan fingerprint density at radius 2 is 1.76 bits per heavy atom. The molecule has 0 spiro atoms. The first kappa shape index (κ1) is 17.6. The second-order valence-corrected chi connectivity index (χ2v) is 8.66. The van der Waals surface area contributed by atoms with Crippen LogP contribution in [-0.2, 0) is 10.0 Å². The third kappa shape index (κ3) is 2.72. The molecule has 0 saturated carbocycles. The maximum Gasteiger partial charge on any atom is 0.264 e. The van der Waals surface area contributed by atoms with E-state index < -0.39 is 10.0 Å². The molecule has 2 aliphatic rings. The number of fused-ring (bicyclic) bond motifs is 4. The highest BCUT2D eigenvalue weighted by atomic mass is 32.2. The number of ether oxygens (including phenoxy) is 2. The molecule has 0 bridgehead atoms. The minimum Gasteiger partial charge on any atom is -0.454 e. The number of carbonyl (C=O) groups excluding carboxylic acids is 1. The van der Waals surface area contributed by atoms with Crippen LogP contribution in [0.2, 0.25) is 0 Å². The lowest BCUT2D eigenvalue weighted by atomic mass is 10.00. The van der Waals surface area contributed by atoms with Crippen LogP contribution in [0.4, 0.5) is 11.4 Å². The van der Waals surface area contributed by atoms with Gasteiger partial charge in [-0.15, -0.1) is 0 Å². The van der Waals surface area contributed by atoms with Gasteiger partial charge in [-0.1, -0.05) is 18.2 Å². The van der Waals surface area contributed by atoms with E-state index >= 15 is 0 Å². The Hall–Kier alpha value is -3.52. The van der Waals surface area contributed by atoms with Gasteiger partial charge < -0.3 is 14.8 Å². The van der Waals surface area contributed by atoms with E-state index in [2.05, 4.69) is 5.32 Å². The number of rotatable bonds is 2. The summed E-state index contributed by atoms with van der Waals surface area (Å²) in [5.41, 5.74) is 2.80. The Morgan fingerprint density at radius 3 is 2.62 bits per heavy atom. The lowest BCUT2D eigenvalue weighted by Gasteiger charge is -2.29. The molecule has 146 valence electrons. The molecule has 8 heteroatoms. The molecular formula is C21H16N2O5S. The third-order valence-corrected chi connectivity index (χ3v) is 6.87. The Kier molecular flexibility index (Phi) is 3.78. The number of amides is 1. The van der Waals surface area contributed by atoms with Gasteiger partial charge in [0.15, 0.2) is 11.5 Å². The first-order valence-corrected chi connectivity index (χ1v) is 10.3. The highest BCUT2D eigenvalue weighted by Crippen LogP contribution is 2.42. The fourth-order valence-corrected chi connectivity index (χ4v) is 4.96. The average Bonchev–Trinajstić information content (AvgIpc) is 3.20. The highest BCUT2D eigenvalue weighted by molar-refractivity contribution is 7.93. The van der Waals surface area contributed by atoms with Crippen molar-refractivity contribution in [1.29, 1.82) is 0 Å². The fourth-order valence-electron chi connectivity index (χ4n) is 3.54. The smallest absolute Gasteiger partial charge is 0.264 e. The summed E-state index contributed by atoms with van der Waals surface area (Å²) in [4.78, 5) is 13.0. The minimum atomic E-state index is -3.61. The molecule has 2 aliphatic heterocycles. The molecule has 29 heavy (non-hydrogen) atoms. The molecule has 1 N–H and O–H groups in total. The van der Waals surface area contributed by atoms with Crippen LogP contribution in [-0.4, -0.2) is 28.2 Å². The van der Waals surface area contributed by atoms with Crippen LogP contribution in [0.3, 0.4) is 0 Å². The first-order chi connectivity index (χ1) is 13.9. The number of sulfonamides is 1. The minimum absolute atomic E-state index is 0.160. The summed E-state index contributed by atoms with van der Waals surface area (Å²) in [6.45, 7) is 0.160. The summed E-state index contributed by atoms with van der Waals surface area (Å²) in [6.07, 6.45) is 0. The third-order valence-electron chi connectivity index (χ3n) is 5.04. The van der Waals surface area contributed by atoms with Crippen LogP contribution in [0, 0.1) is 0 Å². The quantitative estimate of drug-likeness (QED) is 0.702. The molecule has 3 aromatic rings. The number of carbonyl (C=O) groups is 1. The van der Waals surface area contributed by atoms with Crippen LogP contribution < -0.4 is 19.1 Å². The van der Waals surface area contributed by atoms with Crippen molar-refractivity contribution in [3.63, 3.8) is 0 Å². The molecule has 5 rings (SSSR count). The maximum atomic E-state index is 12.8. The molecule has 0 radical (unpaired) electrons. The van der Waals surface area contributed by atoms with E-state index in [9.17, 15) is 13.2 Å². The van der Waals surface area contributed by atoms with Crippen LogP contribution in [0.1, 0.15) is 10.4 Å². The van der Waals surface area contributed by atoms with Crippen molar-refractivity contribution < 1.29 is 22.7 Å². The fraction of sp³-hybridized carbons (Fsp3) is 0.0952. The Bertz CT molecular complexity index is 1270. The van der Waals surface area contributed by atoms with Crippen molar-refractivity contribution in [1.82, 2.24) is 0 Å². The van der Waals surface area contributed by atoms with Crippen LogP contribution in [0.15, 0.2) is 65.6 Å². The Morgan fingerprint density at radius 1 is 0.966 bits per heavy atom. The molecule has 0 unspecified atom stereocenters. The van der Waals surface area contributed by atoms with Crippen LogP contribution in [0.5, 0.6) is 11.5 Å². The van der Waals surface area contributed by atoms with E-state index in [1.807, 2.05) is 0 Å². The zero-order valence-corrected chi connectivity index (χ0v) is 16.2. The van der Waals surface area contributed by atoms with Crippen LogP contribution in [0.25, 0.3) is 11.1 Å². The second-order valence-electron chi connectivity index (χ2n) is 6.72. The van der Waals surface area contributed by atoms with Crippen molar-refractivity contribution in [3.05, 3.63) is 66.2 Å². The zero-order valence-electron chi connectivity index (χ0n) is 15.4. The van der Waals surface area contributed by atoms with E-state index in [-0.39, 0.29) is 17.6 Å². The van der Waals surface area contributed by atoms with Gasteiger partial charge in [-0.25, -0.2) is 8.42 Å². The molecule has 3 aromatic carbocycles. The van der Waals surface area contributed by atoms with Gasteiger partial charge >= 0.3 is 0 Å². The standard InChI is InChI=1S/C21H16N2O5S/c1-23-17-8-6-13(10-16(17)15-4-2-3-5-20(15)29(23,25)26)21(24)22-14-7-9-18-19(11-14)28-12-27-18/h2-11H,12H2,1H3,(H,22,24). The van der Waals surface area contributed by atoms with Gasteiger partial charge in [-0.3, -0.25) is 9.10 Å². The zero-order chi connectivity index (χ0) is 20.2. The van der Waals surface area contributed by atoms with Crippen molar-refractivity contribution in [3.8, 4) is 22.6 Å². The molecule has 2 heterocycles. The van der Waals surface area contributed by atoms with Gasteiger partial charge in [0.05, 0.1) is 10.6 Å². The summed E-state index contributed by atoms with van der Waals surface area (Å²) in [5, 5.41) is 2.84. The van der Waals surface area contributed by atoms with Crippen molar-refractivity contribution in [2.45, 2.75) is 4.90 Å². The molecule has 0 aromatic heterocycles. The number of anilines is 2. The van der Waals surface area contributed by atoms with Crippen molar-refractivity contribution in [2.24, 2.45) is 0 Å². The number of benzene rings is 3. The van der Waals surface area contributed by atoms with Crippen LogP contribution >= 0.6 is 0 Å². The summed E-state index contributed by atoms with van der Waals surface area (Å²) in [5.74, 6) is 0.909. The summed E-state index contributed by atoms with van der Waals surface area (Å²) >= 11 is 0. The monoisotopic (exact) mass is 408 g/mol. The maximum absolute atomic E-state index is 12.8. The summed E-state index contributed by atoms with van der Waals surface area (Å²) in [6, 6.07) is 16.9. The summed E-state index contributed by atoms with van der Waals surface area (Å²) < 4.78 is 37.3. The van der Waals surface area contributed by atoms with Gasteiger partial charge in [0.25, 0.3) is 15.9 Å². The van der Waals surface area contributed by atoms with Crippen molar-refractivity contribution >= 4 is 27.3 Å². The van der Waals surface area contributed by atoms with E-state index in [1.54, 1.807) is 60.7 Å². The molecule has 0 saturated heterocycles. The average molecular weight is 408 g/mol. The predicted octanol–water partition coefficient (Wildman–Crippen LogP) is 3.47. The summed E-state index contributed by atoms with van der Waals surface area (Å²) in [7, 11) is -2.10. The normalized spacial score (nSPS) is 15.4. The van der Waals surface area contributed by atoms with Gasteiger partial charge in [0.2, 0.25) is 6.79 Å². The Balaban J connectivity index is 1.52. The Labute approximate surface area is 167 Å². The molecule has 0 aliphatic carbocycles. The first-order valence-electron chi connectivity index (χ1n) is 8.88. The van der Waals surface area contributed by atoms with Gasteiger partial charge in [0, 0.05) is 35.5 Å². The highest BCUT2D eigenvalue weighted by Gasteiger charge is 2.32. The molecular weight excluding hydrogens is 392 g/mol. The molecule has 0 atom stereocenters. The largest absolute Gasteiger partial charge is 0.454 e. The van der Waals surface area contributed by atoms with E-state index in [0.29, 0.717) is 39.6 Å². The topological polar surface area (TPSA) is 84.9 Å².